The molecule has 0 radical (unpaired) electrons. The maximum atomic E-state index is 9.02. The third-order valence-electron chi connectivity index (χ3n) is 3.23. The molecule has 3 rings (SSSR count). The van der Waals surface area contributed by atoms with Crippen LogP contribution in [0.4, 0.5) is 0 Å². The highest BCUT2D eigenvalue weighted by Gasteiger charge is 2.05. The maximum absolute atomic E-state index is 9.02. The first-order valence-electron chi connectivity index (χ1n) is 6.66. The van der Waals surface area contributed by atoms with E-state index in [0.717, 1.165) is 11.1 Å². The summed E-state index contributed by atoms with van der Waals surface area (Å²) < 4.78 is 5.72. The van der Waals surface area contributed by atoms with Gasteiger partial charge >= 0.3 is 0 Å². The maximum Gasteiger partial charge on any atom is 0.128 e. The summed E-state index contributed by atoms with van der Waals surface area (Å²) in [5.74, 6) is 1.20. The zero-order chi connectivity index (χ0) is 15.4. The van der Waals surface area contributed by atoms with E-state index < -0.39 is 0 Å². The zero-order valence-corrected chi connectivity index (χ0v) is 11.6. The van der Waals surface area contributed by atoms with Crippen LogP contribution in [0, 0.1) is 22.7 Å². The molecule has 1 aliphatic rings. The van der Waals surface area contributed by atoms with E-state index in [1.165, 1.54) is 0 Å². The second-order valence-corrected chi connectivity index (χ2v) is 4.64. The fourth-order valence-electron chi connectivity index (χ4n) is 2.13. The summed E-state index contributed by atoms with van der Waals surface area (Å²) in [6.07, 6.45) is 5.81. The van der Waals surface area contributed by atoms with Gasteiger partial charge in [-0.2, -0.15) is 10.5 Å². The number of hydrogen-bond acceptors (Lipinski definition) is 3. The molecule has 0 saturated carbocycles. The molecule has 0 amide bonds. The third kappa shape index (κ3) is 2.67. The van der Waals surface area contributed by atoms with Crippen molar-refractivity contribution in [3.63, 3.8) is 0 Å². The Balaban J connectivity index is 1.82. The van der Waals surface area contributed by atoms with E-state index in [0.29, 0.717) is 22.6 Å². The van der Waals surface area contributed by atoms with Crippen molar-refractivity contribution in [2.24, 2.45) is 0 Å². The Morgan fingerprint density at radius 1 is 0.864 bits per heavy atom. The summed E-state index contributed by atoms with van der Waals surface area (Å²) in [5, 5.41) is 17.9. The molecule has 0 bridgehead atoms. The van der Waals surface area contributed by atoms with Crippen LogP contribution in [0.2, 0.25) is 0 Å². The molecule has 3 nitrogen and oxygen atoms in total. The molecule has 0 spiro atoms. The smallest absolute Gasteiger partial charge is 0.128 e. The Hall–Kier alpha value is -3.52. The lowest BCUT2D eigenvalue weighted by Crippen LogP contribution is -1.89. The minimum atomic E-state index is 0.308. The standard InChI is InChI=1S/C19H10N2O/c20-12-16-7-10-19(11-17(16)13-21)22-18-8-5-15(6-9-18)14-3-1-2-4-14/h1-3,5-11H. The van der Waals surface area contributed by atoms with Gasteiger partial charge in [-0.1, -0.05) is 18.2 Å². The highest BCUT2D eigenvalue weighted by Crippen LogP contribution is 2.26. The fourth-order valence-corrected chi connectivity index (χ4v) is 2.13. The molecule has 0 aromatic heterocycles. The van der Waals surface area contributed by atoms with Crippen LogP contribution in [-0.2, 0) is 0 Å². The molecule has 0 saturated heterocycles. The SMILES string of the molecule is N#Cc1ccc(Oc2ccc(C3=C=CC=C3)cc2)cc1C#N. The van der Waals surface area contributed by atoms with Crippen LogP contribution >= 0.6 is 0 Å². The van der Waals surface area contributed by atoms with Crippen molar-refractivity contribution in [2.45, 2.75) is 0 Å². The summed E-state index contributed by atoms with van der Waals surface area (Å²) >= 11 is 0. The van der Waals surface area contributed by atoms with Gasteiger partial charge < -0.3 is 4.74 Å². The van der Waals surface area contributed by atoms with Crippen LogP contribution < -0.4 is 4.74 Å². The van der Waals surface area contributed by atoms with Gasteiger partial charge in [-0.25, -0.2) is 0 Å². The molecule has 2 aromatic rings. The second kappa shape index (κ2) is 5.85. The Morgan fingerprint density at radius 2 is 1.59 bits per heavy atom. The molecule has 2 aromatic carbocycles. The van der Waals surface area contributed by atoms with Gasteiger partial charge in [-0.05, 0) is 48.0 Å². The number of benzene rings is 2. The molecular formula is C19H10N2O. The fraction of sp³-hybridized carbons (Fsp3) is 0. The van der Waals surface area contributed by atoms with Crippen molar-refractivity contribution >= 4 is 5.57 Å². The normalized spacial score (nSPS) is 11.6. The van der Waals surface area contributed by atoms with E-state index in [-0.39, 0.29) is 0 Å². The zero-order valence-electron chi connectivity index (χ0n) is 11.6. The van der Waals surface area contributed by atoms with Crippen LogP contribution in [0.25, 0.3) is 5.57 Å². The van der Waals surface area contributed by atoms with Crippen LogP contribution in [0.15, 0.2) is 66.4 Å². The second-order valence-electron chi connectivity index (χ2n) is 4.64. The molecule has 0 aliphatic heterocycles. The number of hydrogen-bond donors (Lipinski definition) is 0. The topological polar surface area (TPSA) is 56.8 Å². The lowest BCUT2D eigenvalue weighted by Gasteiger charge is -2.07. The molecule has 0 atom stereocenters. The van der Waals surface area contributed by atoms with E-state index in [4.69, 9.17) is 15.3 Å². The average molecular weight is 282 g/mol. The van der Waals surface area contributed by atoms with Crippen molar-refractivity contribution in [3.8, 4) is 23.6 Å². The summed E-state index contributed by atoms with van der Waals surface area (Å²) in [6, 6.07) is 16.4. The van der Waals surface area contributed by atoms with Crippen molar-refractivity contribution in [2.75, 3.05) is 0 Å². The van der Waals surface area contributed by atoms with Gasteiger partial charge in [0, 0.05) is 5.57 Å². The molecule has 0 N–H and O–H groups in total. The van der Waals surface area contributed by atoms with Gasteiger partial charge in [0.15, 0.2) is 0 Å². The summed E-state index contributed by atoms with van der Waals surface area (Å²) in [5.41, 5.74) is 5.90. The number of nitrogens with zero attached hydrogens (tertiary/aromatic N) is 2. The lowest BCUT2D eigenvalue weighted by atomic mass is 10.1. The van der Waals surface area contributed by atoms with Gasteiger partial charge in [0.25, 0.3) is 0 Å². The van der Waals surface area contributed by atoms with E-state index in [1.54, 1.807) is 18.2 Å². The average Bonchev–Trinajstić information content (AvgIpc) is 3.10. The minimum Gasteiger partial charge on any atom is -0.457 e. The van der Waals surface area contributed by atoms with Crippen LogP contribution in [-0.4, -0.2) is 0 Å². The van der Waals surface area contributed by atoms with Crippen LogP contribution in [0.3, 0.4) is 0 Å². The summed E-state index contributed by atoms with van der Waals surface area (Å²) in [7, 11) is 0. The summed E-state index contributed by atoms with van der Waals surface area (Å²) in [6.45, 7) is 0. The number of nitriles is 2. The van der Waals surface area contributed by atoms with Gasteiger partial charge in [0.1, 0.15) is 23.6 Å². The molecule has 1 aliphatic carbocycles. The van der Waals surface area contributed by atoms with Gasteiger partial charge in [-0.15, -0.1) is 5.73 Å². The van der Waals surface area contributed by atoms with Crippen molar-refractivity contribution in [1.82, 2.24) is 0 Å². The van der Waals surface area contributed by atoms with Crippen LogP contribution in [0.1, 0.15) is 16.7 Å². The Morgan fingerprint density at radius 3 is 2.23 bits per heavy atom. The largest absolute Gasteiger partial charge is 0.457 e. The van der Waals surface area contributed by atoms with Crippen molar-refractivity contribution in [3.05, 3.63) is 83.1 Å². The van der Waals surface area contributed by atoms with Gasteiger partial charge in [0.2, 0.25) is 0 Å². The first-order chi connectivity index (χ1) is 10.8. The molecule has 22 heavy (non-hydrogen) atoms. The molecule has 0 unspecified atom stereocenters. The lowest BCUT2D eigenvalue weighted by molar-refractivity contribution is 0.482. The van der Waals surface area contributed by atoms with E-state index >= 15 is 0 Å². The monoisotopic (exact) mass is 282 g/mol. The predicted molar refractivity (Wildman–Crippen MR) is 83.0 cm³/mol. The van der Waals surface area contributed by atoms with Crippen LogP contribution in [0.5, 0.6) is 11.5 Å². The highest BCUT2D eigenvalue weighted by molar-refractivity contribution is 5.76. The Labute approximate surface area is 128 Å². The van der Waals surface area contributed by atoms with Gasteiger partial charge in [-0.3, -0.25) is 0 Å². The molecular weight excluding hydrogens is 272 g/mol. The Bertz CT molecular complexity index is 900. The van der Waals surface area contributed by atoms with Crippen molar-refractivity contribution in [1.29, 1.82) is 10.5 Å². The molecule has 0 fully saturated rings. The third-order valence-corrected chi connectivity index (χ3v) is 3.23. The molecule has 102 valence electrons. The first-order valence-corrected chi connectivity index (χ1v) is 6.66. The number of rotatable bonds is 3. The summed E-state index contributed by atoms with van der Waals surface area (Å²) in [4.78, 5) is 0. The Kier molecular flexibility index (Phi) is 3.58. The number of allylic oxidation sites excluding steroid dienone is 3. The predicted octanol–water partition coefficient (Wildman–Crippen LogP) is 4.33. The van der Waals surface area contributed by atoms with Crippen molar-refractivity contribution < 1.29 is 4.74 Å². The minimum absolute atomic E-state index is 0.308. The quantitative estimate of drug-likeness (QED) is 0.787. The van der Waals surface area contributed by atoms with E-state index in [1.807, 2.05) is 54.6 Å². The van der Waals surface area contributed by atoms with E-state index in [2.05, 4.69) is 5.73 Å². The first kappa shape index (κ1) is 13.5. The van der Waals surface area contributed by atoms with E-state index in [9.17, 15) is 0 Å². The van der Waals surface area contributed by atoms with Gasteiger partial charge in [0.05, 0.1) is 11.1 Å². The highest BCUT2D eigenvalue weighted by atomic mass is 16.5. The molecule has 0 heterocycles. The number of ether oxygens (including phenoxy) is 1. The molecule has 3 heteroatoms.